The Bertz CT molecular complexity index is 1110. The molecule has 2 fully saturated rings. The van der Waals surface area contributed by atoms with Crippen LogP contribution in [0.4, 0.5) is 10.7 Å². The third kappa shape index (κ3) is 3.40. The Morgan fingerprint density at radius 1 is 1.44 bits per heavy atom. The van der Waals surface area contributed by atoms with Crippen molar-refractivity contribution < 1.29 is 38.7 Å². The Balaban J connectivity index is 1.50. The van der Waals surface area contributed by atoms with Crippen molar-refractivity contribution in [3.8, 4) is 0 Å². The number of carboxylic acids is 1. The van der Waals surface area contributed by atoms with Gasteiger partial charge in [-0.15, -0.1) is 0 Å². The quantitative estimate of drug-likeness (QED) is 0.182. The standard InChI is InChI=1S/C17H15N5O9S/c1-7(23)12-14(25)21-13(16(26)27)9(32-15(12)21)5-19-10(24)6-20(17(19)28)18-4-8-2-3-11(31-8)22(29)30/h2-4,7,12,15,23H,5-6H2,1H3,(H,26,27)/b18-4+/t7-,12+,15-/m1/s1. The van der Waals surface area contributed by atoms with Crippen LogP contribution in [-0.2, 0) is 14.4 Å². The van der Waals surface area contributed by atoms with E-state index in [1.165, 1.54) is 13.0 Å². The highest BCUT2D eigenvalue weighted by atomic mass is 32.2. The summed E-state index contributed by atoms with van der Waals surface area (Å²) in [6.45, 7) is 0.617. The summed E-state index contributed by atoms with van der Waals surface area (Å²) in [6, 6.07) is 1.53. The number of hydrogen-bond donors (Lipinski definition) is 2. The number of aliphatic hydroxyl groups is 1. The summed E-state index contributed by atoms with van der Waals surface area (Å²) in [5.41, 5.74) is -0.327. The van der Waals surface area contributed by atoms with Gasteiger partial charge in [-0.25, -0.2) is 14.6 Å². The first-order chi connectivity index (χ1) is 15.1. The summed E-state index contributed by atoms with van der Waals surface area (Å²) in [5.74, 6) is -3.88. The van der Waals surface area contributed by atoms with E-state index in [1.54, 1.807) is 0 Å². The molecule has 3 atom stereocenters. The second kappa shape index (κ2) is 7.76. The number of carbonyl (C=O) groups is 4. The Morgan fingerprint density at radius 3 is 2.75 bits per heavy atom. The summed E-state index contributed by atoms with van der Waals surface area (Å²) < 4.78 is 4.89. The van der Waals surface area contributed by atoms with Crippen LogP contribution >= 0.6 is 11.8 Å². The first-order valence-corrected chi connectivity index (χ1v) is 10.0. The molecular formula is C17H15N5O9S. The molecule has 3 aliphatic heterocycles. The number of thioether (sulfide) groups is 1. The summed E-state index contributed by atoms with van der Waals surface area (Å²) in [5, 5.41) is 34.0. The van der Waals surface area contributed by atoms with Gasteiger partial charge in [0.15, 0.2) is 5.76 Å². The number of furan rings is 1. The summed E-state index contributed by atoms with van der Waals surface area (Å²) in [6.07, 6.45) is 0.0501. The largest absolute Gasteiger partial charge is 0.477 e. The van der Waals surface area contributed by atoms with Gasteiger partial charge in [0.1, 0.15) is 22.5 Å². The molecule has 2 N–H and O–H groups in total. The van der Waals surface area contributed by atoms with Crippen LogP contribution in [0.25, 0.3) is 0 Å². The lowest BCUT2D eigenvalue weighted by Gasteiger charge is -2.43. The van der Waals surface area contributed by atoms with Crippen LogP contribution in [0, 0.1) is 16.0 Å². The maximum Gasteiger partial charge on any atom is 0.433 e. The van der Waals surface area contributed by atoms with Crippen molar-refractivity contribution in [2.45, 2.75) is 18.4 Å². The van der Waals surface area contributed by atoms with Gasteiger partial charge < -0.3 is 14.6 Å². The van der Waals surface area contributed by atoms with E-state index < -0.39 is 58.6 Å². The second-order valence-corrected chi connectivity index (χ2v) is 8.27. The maximum atomic E-state index is 12.6. The highest BCUT2D eigenvalue weighted by Crippen LogP contribution is 2.50. The van der Waals surface area contributed by atoms with Gasteiger partial charge >= 0.3 is 17.9 Å². The Kier molecular flexibility index (Phi) is 5.21. The van der Waals surface area contributed by atoms with Crippen molar-refractivity contribution in [1.29, 1.82) is 0 Å². The molecule has 2 saturated heterocycles. The van der Waals surface area contributed by atoms with Crippen molar-refractivity contribution in [2.24, 2.45) is 11.0 Å². The summed E-state index contributed by atoms with van der Waals surface area (Å²) in [7, 11) is 0. The number of fused-ring (bicyclic) bond motifs is 1. The van der Waals surface area contributed by atoms with Gasteiger partial charge in [0.25, 0.3) is 5.91 Å². The topological polar surface area (TPSA) is 187 Å². The second-order valence-electron chi connectivity index (χ2n) is 7.06. The first kappa shape index (κ1) is 21.5. The Labute approximate surface area is 182 Å². The number of aliphatic hydroxyl groups excluding tert-OH is 1. The Morgan fingerprint density at radius 2 is 2.16 bits per heavy atom. The molecular weight excluding hydrogens is 450 g/mol. The fraction of sp³-hybridized carbons (Fsp3) is 0.353. The SMILES string of the molecule is C[C@@H](O)[C@H]1C(=O)N2C(C(=O)O)=C(CN3C(=O)CN(/N=C/c4ccc([N+](=O)[O-])o4)C3=O)S[C@H]12. The number of carboxylic acid groups (broad SMARTS) is 1. The number of urea groups is 1. The van der Waals surface area contributed by atoms with Gasteiger partial charge in [0.2, 0.25) is 5.91 Å². The van der Waals surface area contributed by atoms with Crippen LogP contribution in [0.1, 0.15) is 12.7 Å². The number of aliphatic carboxylic acids is 1. The molecule has 0 aromatic carbocycles. The molecule has 0 unspecified atom stereocenters. The van der Waals surface area contributed by atoms with Crippen LogP contribution in [0.3, 0.4) is 0 Å². The molecule has 3 aliphatic rings. The fourth-order valence-electron chi connectivity index (χ4n) is 3.52. The molecule has 14 nitrogen and oxygen atoms in total. The fourth-order valence-corrected chi connectivity index (χ4v) is 5.12. The van der Waals surface area contributed by atoms with Crippen LogP contribution in [0.15, 0.2) is 32.3 Å². The van der Waals surface area contributed by atoms with Gasteiger partial charge in [-0.05, 0) is 13.0 Å². The van der Waals surface area contributed by atoms with Crippen LogP contribution < -0.4 is 0 Å². The predicted octanol–water partition coefficient (Wildman–Crippen LogP) is -0.00580. The zero-order valence-electron chi connectivity index (χ0n) is 16.3. The number of imide groups is 1. The number of β-lactam (4-membered cyclic amide) rings is 1. The van der Waals surface area contributed by atoms with Gasteiger partial charge in [0, 0.05) is 4.91 Å². The average Bonchev–Trinajstić information content (AvgIpc) is 3.37. The van der Waals surface area contributed by atoms with E-state index in [0.29, 0.717) is 0 Å². The molecule has 0 bridgehead atoms. The number of nitrogens with zero attached hydrogens (tertiary/aromatic N) is 5. The van der Waals surface area contributed by atoms with Gasteiger partial charge in [-0.2, -0.15) is 5.10 Å². The van der Waals surface area contributed by atoms with Crippen molar-refractivity contribution in [3.05, 3.63) is 38.6 Å². The third-order valence-corrected chi connectivity index (χ3v) is 6.38. The lowest BCUT2D eigenvalue weighted by Crippen LogP contribution is -2.60. The molecule has 15 heteroatoms. The highest BCUT2D eigenvalue weighted by molar-refractivity contribution is 8.04. The zero-order valence-corrected chi connectivity index (χ0v) is 17.1. The molecule has 0 radical (unpaired) electrons. The van der Waals surface area contributed by atoms with Gasteiger partial charge in [-0.3, -0.25) is 29.5 Å². The average molecular weight is 465 g/mol. The maximum absolute atomic E-state index is 12.6. The number of rotatable bonds is 7. The van der Waals surface area contributed by atoms with Gasteiger partial charge in [-0.1, -0.05) is 11.8 Å². The minimum atomic E-state index is -1.39. The number of nitro groups is 1. The van der Waals surface area contributed by atoms with E-state index >= 15 is 0 Å². The number of hydrazone groups is 1. The van der Waals surface area contributed by atoms with E-state index in [1.807, 2.05) is 0 Å². The van der Waals surface area contributed by atoms with E-state index in [9.17, 15) is 39.5 Å². The lowest BCUT2D eigenvalue weighted by atomic mass is 9.92. The molecule has 1 aromatic heterocycles. The van der Waals surface area contributed by atoms with Crippen LogP contribution in [-0.4, -0.2) is 84.5 Å². The minimum absolute atomic E-state index is 0.00956. The monoisotopic (exact) mass is 465 g/mol. The molecule has 0 aliphatic carbocycles. The summed E-state index contributed by atoms with van der Waals surface area (Å²) in [4.78, 5) is 60.8. The molecule has 1 aromatic rings. The smallest absolute Gasteiger partial charge is 0.433 e. The molecule has 4 heterocycles. The third-order valence-electron chi connectivity index (χ3n) is 5.03. The summed E-state index contributed by atoms with van der Waals surface area (Å²) >= 11 is 1.01. The van der Waals surface area contributed by atoms with Crippen molar-refractivity contribution in [1.82, 2.24) is 14.8 Å². The van der Waals surface area contributed by atoms with Gasteiger partial charge in [0.05, 0.1) is 30.8 Å². The van der Waals surface area contributed by atoms with E-state index in [4.69, 9.17) is 4.42 Å². The molecule has 0 spiro atoms. The van der Waals surface area contributed by atoms with Crippen LogP contribution in [0.2, 0.25) is 0 Å². The number of amides is 4. The first-order valence-electron chi connectivity index (χ1n) is 9.14. The molecule has 0 saturated carbocycles. The van der Waals surface area contributed by atoms with Crippen molar-refractivity contribution in [2.75, 3.05) is 13.1 Å². The minimum Gasteiger partial charge on any atom is -0.477 e. The van der Waals surface area contributed by atoms with Crippen molar-refractivity contribution >= 4 is 47.7 Å². The number of hydrogen-bond acceptors (Lipinski definition) is 10. The number of carbonyl (C=O) groups excluding carboxylic acids is 3. The molecule has 168 valence electrons. The van der Waals surface area contributed by atoms with Crippen molar-refractivity contribution in [3.63, 3.8) is 0 Å². The normalized spacial score (nSPS) is 23.9. The molecule has 32 heavy (non-hydrogen) atoms. The molecule has 4 amide bonds. The Hall–Kier alpha value is -3.72. The zero-order chi connectivity index (χ0) is 23.3. The van der Waals surface area contributed by atoms with E-state index in [0.717, 1.165) is 38.9 Å². The van der Waals surface area contributed by atoms with Crippen LogP contribution in [0.5, 0.6) is 0 Å². The highest BCUT2D eigenvalue weighted by Gasteiger charge is 2.58. The van der Waals surface area contributed by atoms with E-state index in [-0.39, 0.29) is 22.9 Å². The predicted molar refractivity (Wildman–Crippen MR) is 105 cm³/mol. The molecule has 4 rings (SSSR count). The lowest BCUT2D eigenvalue weighted by molar-refractivity contribution is -0.402. The van der Waals surface area contributed by atoms with E-state index in [2.05, 4.69) is 5.10 Å².